The normalized spacial score (nSPS) is 17.2. The molecule has 1 aliphatic rings. The number of morpholine rings is 1. The van der Waals surface area contributed by atoms with Crippen molar-refractivity contribution < 1.29 is 4.74 Å². The second kappa shape index (κ2) is 9.78. The zero-order valence-electron chi connectivity index (χ0n) is 18.5. The first-order valence-corrected chi connectivity index (χ1v) is 10.8. The molecular weight excluding hydrogens is 390 g/mol. The predicted molar refractivity (Wildman–Crippen MR) is 121 cm³/mol. The summed E-state index contributed by atoms with van der Waals surface area (Å²) >= 11 is 0. The smallest absolute Gasteiger partial charge is 0.194 e. The molecular formula is C23H31N7O. The lowest BCUT2D eigenvalue weighted by Crippen LogP contribution is -2.48. The van der Waals surface area contributed by atoms with Gasteiger partial charge in [-0.2, -0.15) is 5.10 Å². The van der Waals surface area contributed by atoms with Gasteiger partial charge in [0, 0.05) is 50.8 Å². The number of rotatable bonds is 6. The van der Waals surface area contributed by atoms with Crippen LogP contribution in [0.25, 0.3) is 0 Å². The standard InChI is InChI=1S/C23H31N7O/c1-4-24-23(30-10-11-31-22(17-30)21-14-27-28(3)16-21)26-13-19-6-5-7-20(12-19)15-29-9-8-25-18(29)2/h5-9,12,14,16,22H,4,10-11,13,15,17H2,1-3H3,(H,24,26). The van der Waals surface area contributed by atoms with Gasteiger partial charge in [-0.05, 0) is 25.0 Å². The summed E-state index contributed by atoms with van der Waals surface area (Å²) in [6, 6.07) is 8.62. The molecule has 1 saturated heterocycles. The summed E-state index contributed by atoms with van der Waals surface area (Å²) < 4.78 is 9.95. The minimum Gasteiger partial charge on any atom is -0.370 e. The van der Waals surface area contributed by atoms with Crippen molar-refractivity contribution in [2.24, 2.45) is 12.0 Å². The van der Waals surface area contributed by atoms with Crippen molar-refractivity contribution in [2.45, 2.75) is 33.0 Å². The highest BCUT2D eigenvalue weighted by atomic mass is 16.5. The monoisotopic (exact) mass is 421 g/mol. The van der Waals surface area contributed by atoms with E-state index < -0.39 is 0 Å². The molecule has 0 bridgehead atoms. The van der Waals surface area contributed by atoms with Gasteiger partial charge in [0.15, 0.2) is 5.96 Å². The zero-order chi connectivity index (χ0) is 21.6. The Morgan fingerprint density at radius 3 is 2.94 bits per heavy atom. The van der Waals surface area contributed by atoms with Crippen LogP contribution in [0.4, 0.5) is 0 Å². The third kappa shape index (κ3) is 5.32. The molecule has 1 aliphatic heterocycles. The summed E-state index contributed by atoms with van der Waals surface area (Å²) in [5, 5.41) is 7.73. The summed E-state index contributed by atoms with van der Waals surface area (Å²) in [4.78, 5) is 11.5. The summed E-state index contributed by atoms with van der Waals surface area (Å²) in [6.07, 6.45) is 7.76. The Bertz CT molecular complexity index is 1020. The quantitative estimate of drug-likeness (QED) is 0.489. The van der Waals surface area contributed by atoms with Crippen LogP contribution in [-0.4, -0.2) is 56.4 Å². The molecule has 1 fully saturated rings. The van der Waals surface area contributed by atoms with Crippen molar-refractivity contribution in [3.63, 3.8) is 0 Å². The number of aromatic nitrogens is 4. The molecule has 1 atom stereocenters. The number of guanidine groups is 1. The molecule has 3 aromatic rings. The van der Waals surface area contributed by atoms with Gasteiger partial charge in [-0.15, -0.1) is 0 Å². The molecule has 0 saturated carbocycles. The van der Waals surface area contributed by atoms with Crippen LogP contribution < -0.4 is 5.32 Å². The van der Waals surface area contributed by atoms with Gasteiger partial charge in [0.25, 0.3) is 0 Å². The first-order valence-electron chi connectivity index (χ1n) is 10.8. The van der Waals surface area contributed by atoms with Gasteiger partial charge in [0.1, 0.15) is 11.9 Å². The van der Waals surface area contributed by atoms with Crippen molar-refractivity contribution in [1.82, 2.24) is 29.5 Å². The van der Waals surface area contributed by atoms with E-state index in [1.54, 1.807) is 0 Å². The zero-order valence-corrected chi connectivity index (χ0v) is 18.5. The first kappa shape index (κ1) is 21.1. The van der Waals surface area contributed by atoms with Gasteiger partial charge in [-0.3, -0.25) is 4.68 Å². The number of nitrogens with zero attached hydrogens (tertiary/aromatic N) is 6. The minimum atomic E-state index is 0.00746. The lowest BCUT2D eigenvalue weighted by molar-refractivity contribution is -0.00805. The number of benzene rings is 1. The van der Waals surface area contributed by atoms with Gasteiger partial charge in [0.05, 0.1) is 25.9 Å². The predicted octanol–water partition coefficient (Wildman–Crippen LogP) is 2.51. The van der Waals surface area contributed by atoms with Crippen LogP contribution in [0.15, 0.2) is 54.0 Å². The van der Waals surface area contributed by atoms with Crippen LogP contribution in [0.5, 0.6) is 0 Å². The molecule has 1 aromatic carbocycles. The van der Waals surface area contributed by atoms with E-state index >= 15 is 0 Å². The molecule has 8 nitrogen and oxygen atoms in total. The van der Waals surface area contributed by atoms with Crippen LogP contribution in [0.2, 0.25) is 0 Å². The molecule has 0 spiro atoms. The number of hydrogen-bond acceptors (Lipinski definition) is 4. The summed E-state index contributed by atoms with van der Waals surface area (Å²) in [7, 11) is 1.93. The molecule has 164 valence electrons. The topological polar surface area (TPSA) is 72.5 Å². The van der Waals surface area contributed by atoms with Crippen LogP contribution in [0, 0.1) is 6.92 Å². The molecule has 3 heterocycles. The Hall–Kier alpha value is -3.13. The van der Waals surface area contributed by atoms with Crippen LogP contribution in [-0.2, 0) is 24.9 Å². The Labute approximate surface area is 183 Å². The minimum absolute atomic E-state index is 0.00746. The summed E-state index contributed by atoms with van der Waals surface area (Å²) in [5.41, 5.74) is 3.55. The average molecular weight is 422 g/mol. The number of imidazole rings is 1. The number of ether oxygens (including phenoxy) is 1. The molecule has 2 aromatic heterocycles. The third-order valence-corrected chi connectivity index (χ3v) is 5.48. The number of aliphatic imine (C=N–C) groups is 1. The SMILES string of the molecule is CCNC(=NCc1cccc(Cn2ccnc2C)c1)N1CCOC(c2cnn(C)c2)C1. The molecule has 8 heteroatoms. The molecule has 0 radical (unpaired) electrons. The fourth-order valence-electron chi connectivity index (χ4n) is 3.84. The fourth-order valence-corrected chi connectivity index (χ4v) is 3.84. The average Bonchev–Trinajstić information content (AvgIpc) is 3.40. The third-order valence-electron chi connectivity index (χ3n) is 5.48. The van der Waals surface area contributed by atoms with Crippen LogP contribution in [0.3, 0.4) is 0 Å². The van der Waals surface area contributed by atoms with Gasteiger partial charge in [0.2, 0.25) is 0 Å². The Morgan fingerprint density at radius 1 is 1.32 bits per heavy atom. The van der Waals surface area contributed by atoms with E-state index in [1.165, 1.54) is 11.1 Å². The highest BCUT2D eigenvalue weighted by Crippen LogP contribution is 2.21. The van der Waals surface area contributed by atoms with E-state index in [0.717, 1.165) is 43.5 Å². The maximum atomic E-state index is 5.99. The Kier molecular flexibility index (Phi) is 6.66. The van der Waals surface area contributed by atoms with Gasteiger partial charge < -0.3 is 19.5 Å². The molecule has 1 N–H and O–H groups in total. The van der Waals surface area contributed by atoms with E-state index in [9.17, 15) is 0 Å². The van der Waals surface area contributed by atoms with Crippen molar-refractivity contribution in [1.29, 1.82) is 0 Å². The van der Waals surface area contributed by atoms with Crippen molar-refractivity contribution in [2.75, 3.05) is 26.2 Å². The fraction of sp³-hybridized carbons (Fsp3) is 0.435. The maximum absolute atomic E-state index is 5.99. The van der Waals surface area contributed by atoms with Gasteiger partial charge in [-0.25, -0.2) is 9.98 Å². The highest BCUT2D eigenvalue weighted by Gasteiger charge is 2.25. The number of aryl methyl sites for hydroxylation is 2. The van der Waals surface area contributed by atoms with Gasteiger partial charge >= 0.3 is 0 Å². The lowest BCUT2D eigenvalue weighted by Gasteiger charge is -2.34. The van der Waals surface area contributed by atoms with E-state index in [0.29, 0.717) is 13.2 Å². The van der Waals surface area contributed by atoms with E-state index in [1.807, 2.05) is 43.4 Å². The second-order valence-corrected chi connectivity index (χ2v) is 7.85. The molecule has 31 heavy (non-hydrogen) atoms. The lowest BCUT2D eigenvalue weighted by atomic mass is 10.1. The van der Waals surface area contributed by atoms with Crippen molar-refractivity contribution >= 4 is 5.96 Å². The number of hydrogen-bond donors (Lipinski definition) is 1. The van der Waals surface area contributed by atoms with Crippen molar-refractivity contribution in [3.05, 3.63) is 71.6 Å². The second-order valence-electron chi connectivity index (χ2n) is 7.85. The molecule has 1 unspecified atom stereocenters. The summed E-state index contributed by atoms with van der Waals surface area (Å²) in [6.45, 7) is 8.66. The first-order chi connectivity index (χ1) is 15.1. The van der Waals surface area contributed by atoms with Gasteiger partial charge in [-0.1, -0.05) is 24.3 Å². The largest absolute Gasteiger partial charge is 0.370 e. The van der Waals surface area contributed by atoms with E-state index in [-0.39, 0.29) is 6.10 Å². The molecule has 0 amide bonds. The highest BCUT2D eigenvalue weighted by molar-refractivity contribution is 5.80. The molecule has 0 aliphatic carbocycles. The Balaban J connectivity index is 1.45. The summed E-state index contributed by atoms with van der Waals surface area (Å²) in [5.74, 6) is 1.95. The van der Waals surface area contributed by atoms with E-state index in [4.69, 9.17) is 9.73 Å². The van der Waals surface area contributed by atoms with E-state index in [2.05, 4.69) is 56.1 Å². The maximum Gasteiger partial charge on any atom is 0.194 e. The van der Waals surface area contributed by atoms with Crippen LogP contribution >= 0.6 is 0 Å². The van der Waals surface area contributed by atoms with Crippen LogP contribution in [0.1, 0.15) is 35.5 Å². The Morgan fingerprint density at radius 2 is 2.19 bits per heavy atom. The van der Waals surface area contributed by atoms with Crippen molar-refractivity contribution in [3.8, 4) is 0 Å². The molecule has 4 rings (SSSR count). The number of nitrogens with one attached hydrogen (secondary N) is 1.